The summed E-state index contributed by atoms with van der Waals surface area (Å²) in [7, 11) is 3.54. The van der Waals surface area contributed by atoms with E-state index < -0.39 is 5.82 Å². The second-order valence-electron chi connectivity index (χ2n) is 6.33. The van der Waals surface area contributed by atoms with E-state index in [0.29, 0.717) is 17.3 Å². The quantitative estimate of drug-likeness (QED) is 0.560. The van der Waals surface area contributed by atoms with Gasteiger partial charge in [-0.2, -0.15) is 0 Å². The van der Waals surface area contributed by atoms with Crippen LogP contribution < -0.4 is 5.32 Å². The molecule has 0 saturated heterocycles. The standard InChI is InChI=1S/C20H23FN4O/c1-25(15-6-7-15)12-17(14-8-10-23-11-9-14)20(22)16-4-3-5-18(19(16)21)24-13-26-2/h3-5,8-12,15,22,24H,6-7,13H2,1-2H3/b17-12-,22-20?. The van der Waals surface area contributed by atoms with E-state index in [1.807, 2.05) is 25.4 Å². The second kappa shape index (κ2) is 8.10. The molecule has 0 atom stereocenters. The topological polar surface area (TPSA) is 61.2 Å². The van der Waals surface area contributed by atoms with E-state index in [2.05, 4.69) is 15.2 Å². The fourth-order valence-corrected chi connectivity index (χ4v) is 2.76. The van der Waals surface area contributed by atoms with E-state index in [9.17, 15) is 4.39 Å². The number of benzene rings is 1. The summed E-state index contributed by atoms with van der Waals surface area (Å²) in [6.45, 7) is 0.200. The smallest absolute Gasteiger partial charge is 0.155 e. The van der Waals surface area contributed by atoms with Crippen molar-refractivity contribution >= 4 is 17.0 Å². The van der Waals surface area contributed by atoms with E-state index in [1.54, 1.807) is 30.6 Å². The number of hydrogen-bond donors (Lipinski definition) is 2. The van der Waals surface area contributed by atoms with Gasteiger partial charge in [-0.05, 0) is 42.7 Å². The van der Waals surface area contributed by atoms with Crippen LogP contribution in [0, 0.1) is 11.2 Å². The van der Waals surface area contributed by atoms with Crippen LogP contribution in [0.25, 0.3) is 5.57 Å². The molecule has 0 unspecified atom stereocenters. The SMILES string of the molecule is COCNc1cccc(C(=N)/C(=C\N(C)C2CC2)c2ccncc2)c1F. The predicted octanol–water partition coefficient (Wildman–Crippen LogP) is 3.74. The zero-order chi connectivity index (χ0) is 18.5. The van der Waals surface area contributed by atoms with Gasteiger partial charge in [0, 0.05) is 49.9 Å². The van der Waals surface area contributed by atoms with Crippen molar-refractivity contribution in [2.75, 3.05) is 26.2 Å². The summed E-state index contributed by atoms with van der Waals surface area (Å²) in [5, 5.41) is 11.6. The van der Waals surface area contributed by atoms with E-state index in [1.165, 1.54) is 7.11 Å². The zero-order valence-electron chi connectivity index (χ0n) is 15.0. The Morgan fingerprint density at radius 3 is 2.73 bits per heavy atom. The Balaban J connectivity index is 1.98. The molecule has 1 heterocycles. The Bertz CT molecular complexity index is 803. The minimum Gasteiger partial charge on any atom is -0.377 e. The van der Waals surface area contributed by atoms with Crippen molar-refractivity contribution < 1.29 is 9.13 Å². The van der Waals surface area contributed by atoms with Crippen molar-refractivity contribution in [1.82, 2.24) is 9.88 Å². The molecule has 136 valence electrons. The minimum absolute atomic E-state index is 0.141. The summed E-state index contributed by atoms with van der Waals surface area (Å²) in [6, 6.07) is 9.18. The molecule has 1 aromatic heterocycles. The molecule has 0 radical (unpaired) electrons. The molecule has 2 aromatic rings. The number of ether oxygens (including phenoxy) is 1. The highest BCUT2D eigenvalue weighted by Gasteiger charge is 2.26. The van der Waals surface area contributed by atoms with Gasteiger partial charge in [0.25, 0.3) is 0 Å². The summed E-state index contributed by atoms with van der Waals surface area (Å²) in [6.07, 6.45) is 7.59. The lowest BCUT2D eigenvalue weighted by molar-refractivity contribution is 0.221. The molecule has 3 rings (SSSR count). The molecule has 5 nitrogen and oxygen atoms in total. The maximum atomic E-state index is 14.9. The van der Waals surface area contributed by atoms with Gasteiger partial charge >= 0.3 is 0 Å². The second-order valence-corrected chi connectivity index (χ2v) is 6.33. The third-order valence-electron chi connectivity index (χ3n) is 4.39. The zero-order valence-corrected chi connectivity index (χ0v) is 15.0. The van der Waals surface area contributed by atoms with Crippen LogP contribution in [0.3, 0.4) is 0 Å². The van der Waals surface area contributed by atoms with Crippen LogP contribution in [0.1, 0.15) is 24.0 Å². The predicted molar refractivity (Wildman–Crippen MR) is 102 cm³/mol. The number of aromatic nitrogens is 1. The molecule has 2 N–H and O–H groups in total. The van der Waals surface area contributed by atoms with E-state index >= 15 is 0 Å². The maximum Gasteiger partial charge on any atom is 0.155 e. The third kappa shape index (κ3) is 4.08. The van der Waals surface area contributed by atoms with Crippen LogP contribution in [0.5, 0.6) is 0 Å². The highest BCUT2D eigenvalue weighted by Crippen LogP contribution is 2.29. The van der Waals surface area contributed by atoms with Gasteiger partial charge in [0.1, 0.15) is 6.73 Å². The number of halogens is 1. The van der Waals surface area contributed by atoms with E-state index in [4.69, 9.17) is 10.1 Å². The highest BCUT2D eigenvalue weighted by molar-refractivity contribution is 6.30. The number of rotatable bonds is 8. The number of anilines is 1. The van der Waals surface area contributed by atoms with E-state index in [0.717, 1.165) is 18.4 Å². The number of nitrogens with zero attached hydrogens (tertiary/aromatic N) is 2. The highest BCUT2D eigenvalue weighted by atomic mass is 19.1. The molecule has 26 heavy (non-hydrogen) atoms. The first-order chi connectivity index (χ1) is 12.6. The molecule has 1 aliphatic rings. The average molecular weight is 354 g/mol. The molecule has 0 bridgehead atoms. The number of nitrogens with one attached hydrogen (secondary N) is 2. The Kier molecular flexibility index (Phi) is 5.63. The van der Waals surface area contributed by atoms with Crippen molar-refractivity contribution in [2.45, 2.75) is 18.9 Å². The lowest BCUT2D eigenvalue weighted by atomic mass is 9.96. The van der Waals surface area contributed by atoms with Gasteiger partial charge in [-0.1, -0.05) is 6.07 Å². The fraction of sp³-hybridized carbons (Fsp3) is 0.300. The van der Waals surface area contributed by atoms with Gasteiger partial charge in [-0.3, -0.25) is 10.4 Å². The molecule has 1 fully saturated rings. The van der Waals surface area contributed by atoms with Gasteiger partial charge < -0.3 is 15.0 Å². The number of allylic oxidation sites excluding steroid dienone is 1. The average Bonchev–Trinajstić information content (AvgIpc) is 3.50. The van der Waals surface area contributed by atoms with Gasteiger partial charge in [0.15, 0.2) is 5.82 Å². The first kappa shape index (κ1) is 18.1. The van der Waals surface area contributed by atoms with Crippen LogP contribution in [0.4, 0.5) is 10.1 Å². The molecule has 6 heteroatoms. The Hall–Kier alpha value is -2.73. The summed E-state index contributed by atoms with van der Waals surface area (Å²) in [4.78, 5) is 6.15. The van der Waals surface area contributed by atoms with Gasteiger partial charge in [0.2, 0.25) is 0 Å². The normalized spacial score (nSPS) is 14.2. The lowest BCUT2D eigenvalue weighted by Crippen LogP contribution is -2.17. The Labute approximate surface area is 153 Å². The maximum absolute atomic E-state index is 14.9. The van der Waals surface area contributed by atoms with Crippen molar-refractivity contribution in [3.05, 3.63) is 65.9 Å². The molecule has 1 aliphatic carbocycles. The number of hydrogen-bond acceptors (Lipinski definition) is 5. The summed E-state index contributed by atoms with van der Waals surface area (Å²) < 4.78 is 19.9. The molecule has 0 amide bonds. The minimum atomic E-state index is -0.455. The first-order valence-corrected chi connectivity index (χ1v) is 8.56. The van der Waals surface area contributed by atoms with Crippen LogP contribution in [0.15, 0.2) is 48.9 Å². The molecular weight excluding hydrogens is 331 g/mol. The monoisotopic (exact) mass is 354 g/mol. The summed E-state index contributed by atoms with van der Waals surface area (Å²) >= 11 is 0. The molecule has 0 aliphatic heterocycles. The van der Waals surface area contributed by atoms with Crippen molar-refractivity contribution in [3.63, 3.8) is 0 Å². The van der Waals surface area contributed by atoms with Gasteiger partial charge in [-0.25, -0.2) is 4.39 Å². The molecule has 0 spiro atoms. The lowest BCUT2D eigenvalue weighted by Gasteiger charge is -2.18. The van der Waals surface area contributed by atoms with Crippen LogP contribution in [-0.4, -0.2) is 42.5 Å². The number of methoxy groups -OCH3 is 1. The van der Waals surface area contributed by atoms with Crippen molar-refractivity contribution in [3.8, 4) is 0 Å². The van der Waals surface area contributed by atoms with Crippen LogP contribution in [-0.2, 0) is 4.74 Å². The summed E-state index contributed by atoms with van der Waals surface area (Å²) in [5.74, 6) is -0.455. The molecule has 1 aromatic carbocycles. The van der Waals surface area contributed by atoms with Crippen molar-refractivity contribution in [1.29, 1.82) is 5.41 Å². The van der Waals surface area contributed by atoms with E-state index in [-0.39, 0.29) is 18.0 Å². The first-order valence-electron chi connectivity index (χ1n) is 8.56. The van der Waals surface area contributed by atoms with Crippen LogP contribution >= 0.6 is 0 Å². The molecular formula is C20H23FN4O. The summed E-state index contributed by atoms with van der Waals surface area (Å²) in [5.41, 5.74) is 2.22. The largest absolute Gasteiger partial charge is 0.377 e. The van der Waals surface area contributed by atoms with Gasteiger partial charge in [0.05, 0.1) is 11.4 Å². The Morgan fingerprint density at radius 2 is 2.08 bits per heavy atom. The van der Waals surface area contributed by atoms with Crippen molar-refractivity contribution in [2.24, 2.45) is 0 Å². The Morgan fingerprint density at radius 1 is 1.35 bits per heavy atom. The number of pyridine rings is 1. The van der Waals surface area contributed by atoms with Crippen LogP contribution in [0.2, 0.25) is 0 Å². The third-order valence-corrected chi connectivity index (χ3v) is 4.39. The molecule has 1 saturated carbocycles. The van der Waals surface area contributed by atoms with Gasteiger partial charge in [-0.15, -0.1) is 0 Å². The fourth-order valence-electron chi connectivity index (χ4n) is 2.76.